The van der Waals surface area contributed by atoms with E-state index in [1.807, 2.05) is 39.7 Å². The predicted molar refractivity (Wildman–Crippen MR) is 73.7 cm³/mol. The van der Waals surface area contributed by atoms with E-state index in [0.29, 0.717) is 6.01 Å². The molecule has 0 amide bonds. The summed E-state index contributed by atoms with van der Waals surface area (Å²) in [5, 5.41) is 0. The zero-order chi connectivity index (χ0) is 14.1. The largest absolute Gasteiger partial charge is 0.487 e. The quantitative estimate of drug-likeness (QED) is 0.781. The maximum atomic E-state index is 5.86. The third-order valence-corrected chi connectivity index (χ3v) is 3.55. The highest BCUT2D eigenvalue weighted by Gasteiger charge is 2.49. The Kier molecular flexibility index (Phi) is 3.65. The zero-order valence-corrected chi connectivity index (χ0v) is 12.0. The van der Waals surface area contributed by atoms with Crippen molar-refractivity contribution in [1.29, 1.82) is 0 Å². The van der Waals surface area contributed by atoms with E-state index in [1.54, 1.807) is 12.4 Å². The van der Waals surface area contributed by atoms with Crippen molar-refractivity contribution in [3.63, 3.8) is 0 Å². The van der Waals surface area contributed by atoms with Gasteiger partial charge in [-0.15, -0.1) is 0 Å². The van der Waals surface area contributed by atoms with Crippen molar-refractivity contribution < 1.29 is 14.0 Å². The summed E-state index contributed by atoms with van der Waals surface area (Å²) < 4.78 is 16.6. The first-order chi connectivity index (χ1) is 8.84. The molecule has 0 unspecified atom stereocenters. The van der Waals surface area contributed by atoms with Gasteiger partial charge in [0.25, 0.3) is 0 Å². The van der Waals surface area contributed by atoms with Crippen LogP contribution in [-0.2, 0) is 9.31 Å². The molecule has 1 saturated heterocycles. The SMILES string of the molecule is COc1ncc(/C=C/B2OC(C)(C)C(C)(C)O2)cn1. The third kappa shape index (κ3) is 2.96. The van der Waals surface area contributed by atoms with Crippen molar-refractivity contribution in [2.75, 3.05) is 7.11 Å². The van der Waals surface area contributed by atoms with Gasteiger partial charge in [0.15, 0.2) is 0 Å². The highest BCUT2D eigenvalue weighted by molar-refractivity contribution is 6.52. The Morgan fingerprint density at radius 3 is 2.11 bits per heavy atom. The number of aromatic nitrogens is 2. The van der Waals surface area contributed by atoms with E-state index in [1.165, 1.54) is 7.11 Å². The van der Waals surface area contributed by atoms with Crippen LogP contribution in [0.25, 0.3) is 6.08 Å². The van der Waals surface area contributed by atoms with Gasteiger partial charge in [0.05, 0.1) is 18.3 Å². The van der Waals surface area contributed by atoms with Crippen molar-refractivity contribution in [2.24, 2.45) is 0 Å². The molecule has 0 atom stereocenters. The van der Waals surface area contributed by atoms with Crippen LogP contribution in [0.3, 0.4) is 0 Å². The lowest BCUT2D eigenvalue weighted by atomic mass is 9.89. The second kappa shape index (κ2) is 4.94. The van der Waals surface area contributed by atoms with Crippen LogP contribution in [0.1, 0.15) is 33.3 Å². The molecular formula is C13H19BN2O3. The van der Waals surface area contributed by atoms with Crippen LogP contribution in [0.15, 0.2) is 18.4 Å². The lowest BCUT2D eigenvalue weighted by molar-refractivity contribution is 0.00578. The second-order valence-electron chi connectivity index (χ2n) is 5.49. The zero-order valence-electron chi connectivity index (χ0n) is 12.0. The third-order valence-electron chi connectivity index (χ3n) is 3.55. The Balaban J connectivity index is 2.04. The lowest BCUT2D eigenvalue weighted by Crippen LogP contribution is -2.41. The van der Waals surface area contributed by atoms with Crippen LogP contribution in [0, 0.1) is 0 Å². The van der Waals surface area contributed by atoms with Gasteiger partial charge in [-0.3, -0.25) is 0 Å². The van der Waals surface area contributed by atoms with Gasteiger partial charge >= 0.3 is 13.1 Å². The molecule has 0 aromatic carbocycles. The van der Waals surface area contributed by atoms with Crippen molar-refractivity contribution in [2.45, 2.75) is 38.9 Å². The number of rotatable bonds is 3. The first-order valence-corrected chi connectivity index (χ1v) is 6.24. The molecule has 5 nitrogen and oxygen atoms in total. The minimum atomic E-state index is -0.355. The topological polar surface area (TPSA) is 53.5 Å². The van der Waals surface area contributed by atoms with Crippen LogP contribution >= 0.6 is 0 Å². The summed E-state index contributed by atoms with van der Waals surface area (Å²) in [6.45, 7) is 8.10. The van der Waals surface area contributed by atoms with Gasteiger partial charge in [-0.2, -0.15) is 0 Å². The second-order valence-corrected chi connectivity index (χ2v) is 5.49. The molecule has 0 bridgehead atoms. The van der Waals surface area contributed by atoms with Gasteiger partial charge in [0.1, 0.15) is 0 Å². The summed E-state index contributed by atoms with van der Waals surface area (Å²) in [6.07, 6.45) is 5.25. The minimum Gasteiger partial charge on any atom is -0.467 e. The molecule has 0 aliphatic carbocycles. The fraction of sp³-hybridized carbons (Fsp3) is 0.538. The predicted octanol–water partition coefficient (Wildman–Crippen LogP) is 2.13. The highest BCUT2D eigenvalue weighted by Crippen LogP contribution is 2.36. The first kappa shape index (κ1) is 14.0. The van der Waals surface area contributed by atoms with E-state index in [2.05, 4.69) is 9.97 Å². The van der Waals surface area contributed by atoms with Crippen LogP contribution in [0.4, 0.5) is 0 Å². The average molecular weight is 262 g/mol. The van der Waals surface area contributed by atoms with E-state index < -0.39 is 0 Å². The Labute approximate surface area is 114 Å². The van der Waals surface area contributed by atoms with Crippen LogP contribution in [0.5, 0.6) is 6.01 Å². The summed E-state index contributed by atoms with van der Waals surface area (Å²) in [5.74, 6) is 1.86. The van der Waals surface area contributed by atoms with E-state index in [0.717, 1.165) is 5.56 Å². The standard InChI is InChI=1S/C13H19BN2O3/c1-12(2)13(3,4)19-14(18-12)7-6-10-8-15-11(17-5)16-9-10/h6-9H,1-5H3/b7-6+. The van der Waals surface area contributed by atoms with Crippen LogP contribution in [-0.4, -0.2) is 35.4 Å². The van der Waals surface area contributed by atoms with Gasteiger partial charge < -0.3 is 14.0 Å². The van der Waals surface area contributed by atoms with E-state index in [4.69, 9.17) is 14.0 Å². The molecule has 0 radical (unpaired) electrons. The Hall–Kier alpha value is -1.40. The van der Waals surface area contributed by atoms with E-state index >= 15 is 0 Å². The van der Waals surface area contributed by atoms with Crippen molar-refractivity contribution in [1.82, 2.24) is 9.97 Å². The molecule has 102 valence electrons. The molecule has 0 N–H and O–H groups in total. The maximum Gasteiger partial charge on any atom is 0.487 e. The number of hydrogen-bond donors (Lipinski definition) is 0. The molecule has 1 aliphatic heterocycles. The molecule has 1 fully saturated rings. The summed E-state index contributed by atoms with van der Waals surface area (Å²) >= 11 is 0. The van der Waals surface area contributed by atoms with Gasteiger partial charge in [-0.25, -0.2) is 9.97 Å². The van der Waals surface area contributed by atoms with Gasteiger partial charge in [-0.1, -0.05) is 12.1 Å². The molecule has 1 aromatic rings. The number of nitrogens with zero attached hydrogens (tertiary/aromatic N) is 2. The van der Waals surface area contributed by atoms with Crippen molar-refractivity contribution in [3.05, 3.63) is 23.9 Å². The van der Waals surface area contributed by atoms with Gasteiger partial charge in [0, 0.05) is 18.0 Å². The molecule has 1 aromatic heterocycles. The summed E-state index contributed by atoms with van der Waals surface area (Å²) in [7, 11) is 1.18. The molecule has 2 heterocycles. The Bertz CT molecular complexity index is 455. The fourth-order valence-electron chi connectivity index (χ4n) is 1.67. The van der Waals surface area contributed by atoms with Gasteiger partial charge in [0.2, 0.25) is 0 Å². The van der Waals surface area contributed by atoms with Crippen molar-refractivity contribution in [3.8, 4) is 6.01 Å². The summed E-state index contributed by atoms with van der Waals surface area (Å²) in [5.41, 5.74) is 0.229. The molecule has 0 spiro atoms. The van der Waals surface area contributed by atoms with Gasteiger partial charge in [-0.05, 0) is 27.7 Å². The molecular weight excluding hydrogens is 243 g/mol. The Morgan fingerprint density at radius 1 is 1.11 bits per heavy atom. The lowest BCUT2D eigenvalue weighted by Gasteiger charge is -2.32. The smallest absolute Gasteiger partial charge is 0.467 e. The molecule has 2 rings (SSSR count). The molecule has 0 saturated carbocycles. The number of hydrogen-bond acceptors (Lipinski definition) is 5. The van der Waals surface area contributed by atoms with Crippen LogP contribution in [0.2, 0.25) is 0 Å². The molecule has 19 heavy (non-hydrogen) atoms. The van der Waals surface area contributed by atoms with Crippen molar-refractivity contribution >= 4 is 13.2 Å². The Morgan fingerprint density at radius 2 is 1.63 bits per heavy atom. The summed E-state index contributed by atoms with van der Waals surface area (Å²) in [4.78, 5) is 8.07. The highest BCUT2D eigenvalue weighted by atomic mass is 16.7. The minimum absolute atomic E-state index is 0.321. The maximum absolute atomic E-state index is 5.86. The van der Waals surface area contributed by atoms with E-state index in [-0.39, 0.29) is 18.3 Å². The average Bonchev–Trinajstić information content (AvgIpc) is 2.56. The number of ether oxygens (including phenoxy) is 1. The molecule has 1 aliphatic rings. The number of methoxy groups -OCH3 is 1. The van der Waals surface area contributed by atoms with Crippen LogP contribution < -0.4 is 4.74 Å². The first-order valence-electron chi connectivity index (χ1n) is 6.24. The fourth-order valence-corrected chi connectivity index (χ4v) is 1.67. The normalized spacial score (nSPS) is 21.0. The monoisotopic (exact) mass is 262 g/mol. The molecule has 6 heteroatoms. The van der Waals surface area contributed by atoms with E-state index in [9.17, 15) is 0 Å². The summed E-state index contributed by atoms with van der Waals surface area (Å²) in [6, 6.07) is 0.354.